The number of hydrogen-bond donors (Lipinski definition) is 1. The Balaban J connectivity index is 2.74. The van der Waals surface area contributed by atoms with E-state index in [1.165, 1.54) is 12.1 Å². The second-order valence-electron chi connectivity index (χ2n) is 2.88. The van der Waals surface area contributed by atoms with E-state index in [1.54, 1.807) is 0 Å². The van der Waals surface area contributed by atoms with Crippen molar-refractivity contribution >= 4 is 17.5 Å². The van der Waals surface area contributed by atoms with Crippen LogP contribution < -0.4 is 0 Å². The molecule has 1 aliphatic rings. The molecule has 0 fully saturated rings. The smallest absolute Gasteiger partial charge is 0.278 e. The lowest BCUT2D eigenvalue weighted by Gasteiger charge is -1.99. The van der Waals surface area contributed by atoms with E-state index in [0.29, 0.717) is 0 Å². The van der Waals surface area contributed by atoms with E-state index in [2.05, 4.69) is 0 Å². The minimum Gasteiger partial charge on any atom is -0.278 e. The molecule has 1 heterocycles. The van der Waals surface area contributed by atoms with Crippen LogP contribution in [0.15, 0.2) is 18.2 Å². The minimum atomic E-state index is -1.07. The summed E-state index contributed by atoms with van der Waals surface area (Å²) >= 11 is 0. The SMILES string of the molecule is O=C1c2cccc([N+](=O)[O-])c2C(=O)N1O. The average Bonchev–Trinajstić information content (AvgIpc) is 2.44. The highest BCUT2D eigenvalue weighted by molar-refractivity contribution is 6.22. The molecule has 0 atom stereocenters. The number of hydroxylamine groups is 2. The molecule has 0 bridgehead atoms. The van der Waals surface area contributed by atoms with Crippen molar-refractivity contribution in [2.75, 3.05) is 0 Å². The molecule has 0 radical (unpaired) electrons. The first-order valence-electron chi connectivity index (χ1n) is 3.89. The van der Waals surface area contributed by atoms with E-state index in [9.17, 15) is 19.7 Å². The molecule has 2 amide bonds. The number of fused-ring (bicyclic) bond motifs is 1. The molecule has 7 nitrogen and oxygen atoms in total. The van der Waals surface area contributed by atoms with Gasteiger partial charge in [-0.2, -0.15) is 0 Å². The highest BCUT2D eigenvalue weighted by atomic mass is 16.6. The summed E-state index contributed by atoms with van der Waals surface area (Å²) in [5.74, 6) is -2.01. The van der Waals surface area contributed by atoms with Crippen molar-refractivity contribution in [2.24, 2.45) is 0 Å². The van der Waals surface area contributed by atoms with E-state index in [-0.39, 0.29) is 16.2 Å². The summed E-state index contributed by atoms with van der Waals surface area (Å²) in [4.78, 5) is 32.3. The lowest BCUT2D eigenvalue weighted by atomic mass is 10.1. The van der Waals surface area contributed by atoms with E-state index in [4.69, 9.17) is 5.21 Å². The zero-order valence-corrected chi connectivity index (χ0v) is 7.21. The molecule has 0 aromatic heterocycles. The van der Waals surface area contributed by atoms with Crippen LogP contribution >= 0.6 is 0 Å². The molecule has 0 saturated carbocycles. The molecule has 15 heavy (non-hydrogen) atoms. The second-order valence-corrected chi connectivity index (χ2v) is 2.88. The lowest BCUT2D eigenvalue weighted by Crippen LogP contribution is -2.25. The summed E-state index contributed by atoms with van der Waals surface area (Å²) < 4.78 is 0. The zero-order chi connectivity index (χ0) is 11.2. The Kier molecular flexibility index (Phi) is 1.77. The maximum atomic E-state index is 11.3. The van der Waals surface area contributed by atoms with Crippen LogP contribution in [0.4, 0.5) is 5.69 Å². The summed E-state index contributed by atoms with van der Waals surface area (Å²) in [6, 6.07) is 3.63. The van der Waals surface area contributed by atoms with Gasteiger partial charge in [0.1, 0.15) is 5.56 Å². The molecule has 0 saturated heterocycles. The number of hydrogen-bond acceptors (Lipinski definition) is 5. The summed E-state index contributed by atoms with van der Waals surface area (Å²) in [5.41, 5.74) is -1.01. The monoisotopic (exact) mass is 208 g/mol. The quantitative estimate of drug-likeness (QED) is 0.315. The third-order valence-corrected chi connectivity index (χ3v) is 2.07. The molecule has 1 aromatic rings. The van der Waals surface area contributed by atoms with Crippen molar-refractivity contribution < 1.29 is 19.7 Å². The van der Waals surface area contributed by atoms with Gasteiger partial charge in [-0.3, -0.25) is 24.9 Å². The third-order valence-electron chi connectivity index (χ3n) is 2.07. The van der Waals surface area contributed by atoms with E-state index in [0.717, 1.165) is 6.07 Å². The van der Waals surface area contributed by atoms with E-state index in [1.807, 2.05) is 0 Å². The number of nitro groups is 1. The minimum absolute atomic E-state index is 0.127. The van der Waals surface area contributed by atoms with Gasteiger partial charge in [0.05, 0.1) is 10.5 Å². The Labute approximate surface area is 82.6 Å². The highest BCUT2D eigenvalue weighted by Gasteiger charge is 2.40. The maximum Gasteiger partial charge on any atom is 0.292 e. The van der Waals surface area contributed by atoms with Crippen LogP contribution in [-0.2, 0) is 0 Å². The Hall–Kier alpha value is -2.28. The second kappa shape index (κ2) is 2.85. The van der Waals surface area contributed by atoms with Crippen molar-refractivity contribution in [2.45, 2.75) is 0 Å². The number of carbonyl (C=O) groups excluding carboxylic acids is 2. The average molecular weight is 208 g/mol. The summed E-state index contributed by atoms with van der Waals surface area (Å²) in [6.07, 6.45) is 0. The summed E-state index contributed by atoms with van der Waals surface area (Å²) in [7, 11) is 0. The number of rotatable bonds is 1. The molecule has 0 spiro atoms. The molecule has 1 aliphatic heterocycles. The van der Waals surface area contributed by atoms with Crippen LogP contribution in [0, 0.1) is 10.1 Å². The molecule has 7 heteroatoms. The van der Waals surface area contributed by atoms with Gasteiger partial charge in [0.15, 0.2) is 0 Å². The zero-order valence-electron chi connectivity index (χ0n) is 7.21. The van der Waals surface area contributed by atoms with Gasteiger partial charge in [-0.1, -0.05) is 6.07 Å². The molecular weight excluding hydrogens is 204 g/mol. The van der Waals surface area contributed by atoms with Crippen molar-refractivity contribution in [3.05, 3.63) is 39.4 Å². The largest absolute Gasteiger partial charge is 0.292 e. The van der Waals surface area contributed by atoms with Crippen molar-refractivity contribution in [3.63, 3.8) is 0 Å². The first-order chi connectivity index (χ1) is 7.04. The molecule has 76 valence electrons. The number of nitro benzene ring substituents is 1. The Bertz CT molecular complexity index is 496. The van der Waals surface area contributed by atoms with Gasteiger partial charge < -0.3 is 0 Å². The number of nitrogens with zero attached hydrogens (tertiary/aromatic N) is 2. The van der Waals surface area contributed by atoms with Crippen LogP contribution in [0.5, 0.6) is 0 Å². The normalized spacial score (nSPS) is 14.3. The maximum absolute atomic E-state index is 11.3. The molecular formula is C8H4N2O5. The van der Waals surface area contributed by atoms with Gasteiger partial charge in [0.25, 0.3) is 17.5 Å². The topological polar surface area (TPSA) is 101 Å². The Morgan fingerprint density at radius 1 is 1.27 bits per heavy atom. The third kappa shape index (κ3) is 1.10. The fraction of sp³-hybridized carbons (Fsp3) is 0. The van der Waals surface area contributed by atoms with E-state index >= 15 is 0 Å². The predicted octanol–water partition coefficient (Wildman–Crippen LogP) is 0.580. The first-order valence-corrected chi connectivity index (χ1v) is 3.89. The van der Waals surface area contributed by atoms with Crippen molar-refractivity contribution in [1.82, 2.24) is 5.06 Å². The highest BCUT2D eigenvalue weighted by Crippen LogP contribution is 2.29. The number of imide groups is 1. The van der Waals surface area contributed by atoms with Crippen LogP contribution in [0.1, 0.15) is 20.7 Å². The molecule has 0 aliphatic carbocycles. The lowest BCUT2D eigenvalue weighted by molar-refractivity contribution is -0.385. The van der Waals surface area contributed by atoms with Crippen LogP contribution in [0.2, 0.25) is 0 Å². The van der Waals surface area contributed by atoms with E-state index < -0.39 is 22.4 Å². The predicted molar refractivity (Wildman–Crippen MR) is 45.4 cm³/mol. The number of carbonyl (C=O) groups is 2. The van der Waals surface area contributed by atoms with Crippen molar-refractivity contribution in [1.29, 1.82) is 0 Å². The fourth-order valence-electron chi connectivity index (χ4n) is 1.41. The molecule has 1 aromatic carbocycles. The van der Waals surface area contributed by atoms with Crippen LogP contribution in [0.25, 0.3) is 0 Å². The number of benzene rings is 1. The number of amides is 2. The van der Waals surface area contributed by atoms with Gasteiger partial charge in [-0.15, -0.1) is 5.06 Å². The van der Waals surface area contributed by atoms with Gasteiger partial charge in [-0.05, 0) is 6.07 Å². The molecule has 1 N–H and O–H groups in total. The Morgan fingerprint density at radius 3 is 2.53 bits per heavy atom. The van der Waals surface area contributed by atoms with Gasteiger partial charge in [0, 0.05) is 6.07 Å². The molecule has 2 rings (SSSR count). The fourth-order valence-corrected chi connectivity index (χ4v) is 1.41. The summed E-state index contributed by atoms with van der Waals surface area (Å²) in [5, 5.41) is 19.4. The van der Waals surface area contributed by atoms with Crippen molar-refractivity contribution in [3.8, 4) is 0 Å². The first kappa shape index (κ1) is 9.28. The molecule has 0 unspecified atom stereocenters. The van der Waals surface area contributed by atoms with Crippen LogP contribution in [0.3, 0.4) is 0 Å². The van der Waals surface area contributed by atoms with Crippen LogP contribution in [-0.4, -0.2) is 27.0 Å². The standard InChI is InChI=1S/C8H4N2O5/c11-7-4-2-1-3-5(10(14)15)6(4)8(12)9(7)13/h1-3,13H. The van der Waals surface area contributed by atoms with Gasteiger partial charge >= 0.3 is 0 Å². The summed E-state index contributed by atoms with van der Waals surface area (Å²) in [6.45, 7) is 0. The Morgan fingerprint density at radius 2 is 1.93 bits per heavy atom. The van der Waals surface area contributed by atoms with Gasteiger partial charge in [0.2, 0.25) is 0 Å². The van der Waals surface area contributed by atoms with Gasteiger partial charge in [-0.25, -0.2) is 0 Å².